The van der Waals surface area contributed by atoms with Gasteiger partial charge < -0.3 is 14.5 Å². The van der Waals surface area contributed by atoms with Crippen LogP contribution in [-0.2, 0) is 0 Å². The summed E-state index contributed by atoms with van der Waals surface area (Å²) < 4.78 is 5.94. The van der Waals surface area contributed by atoms with Crippen LogP contribution in [0.15, 0.2) is 48.5 Å². The highest BCUT2D eigenvalue weighted by Gasteiger charge is 2.30. The van der Waals surface area contributed by atoms with Gasteiger partial charge in [-0.3, -0.25) is 9.59 Å². The van der Waals surface area contributed by atoms with E-state index in [1.807, 2.05) is 46.2 Å². The second-order valence-corrected chi connectivity index (χ2v) is 8.02. The quantitative estimate of drug-likeness (QED) is 0.737. The molecule has 2 saturated heterocycles. The van der Waals surface area contributed by atoms with Crippen LogP contribution in [0.3, 0.4) is 0 Å². The van der Waals surface area contributed by atoms with Crippen molar-refractivity contribution in [2.24, 2.45) is 0 Å². The van der Waals surface area contributed by atoms with E-state index in [-0.39, 0.29) is 17.9 Å². The number of amides is 2. The molecule has 0 aromatic heterocycles. The summed E-state index contributed by atoms with van der Waals surface area (Å²) in [6, 6.07) is 14.5. The second-order valence-electron chi connectivity index (χ2n) is 7.61. The maximum absolute atomic E-state index is 12.9. The first-order valence-electron chi connectivity index (χ1n) is 10.2. The van der Waals surface area contributed by atoms with Crippen LogP contribution in [0.4, 0.5) is 0 Å². The molecular formula is C23H25ClN2O3. The van der Waals surface area contributed by atoms with Crippen molar-refractivity contribution in [3.05, 3.63) is 64.7 Å². The van der Waals surface area contributed by atoms with Crippen molar-refractivity contribution in [1.82, 2.24) is 9.80 Å². The Morgan fingerprint density at radius 2 is 1.66 bits per heavy atom. The maximum Gasteiger partial charge on any atom is 0.255 e. The summed E-state index contributed by atoms with van der Waals surface area (Å²) in [7, 11) is 0. The summed E-state index contributed by atoms with van der Waals surface area (Å²) in [6.07, 6.45) is 4.02. The number of carbonyl (C=O) groups is 2. The monoisotopic (exact) mass is 412 g/mol. The minimum atomic E-state index is -0.0479. The Bertz CT molecular complexity index is 878. The Balaban J connectivity index is 1.36. The van der Waals surface area contributed by atoms with E-state index >= 15 is 0 Å². The van der Waals surface area contributed by atoms with Gasteiger partial charge in [-0.1, -0.05) is 23.7 Å². The van der Waals surface area contributed by atoms with E-state index in [1.165, 1.54) is 0 Å². The predicted octanol–water partition coefficient (Wildman–Crippen LogP) is 4.26. The Hall–Kier alpha value is -2.53. The van der Waals surface area contributed by atoms with Crippen LogP contribution in [0.1, 0.15) is 46.4 Å². The lowest BCUT2D eigenvalue weighted by molar-refractivity contribution is 0.0691. The van der Waals surface area contributed by atoms with E-state index in [9.17, 15) is 9.59 Å². The molecule has 0 aliphatic carbocycles. The summed E-state index contributed by atoms with van der Waals surface area (Å²) >= 11 is 6.20. The summed E-state index contributed by atoms with van der Waals surface area (Å²) in [5, 5.41) is 0.474. The SMILES string of the molecule is O=C(c1ccc(OC[C@@H]2CCCN2C(=O)c2ccccc2Cl)cc1)N1CCCC1. The minimum absolute atomic E-state index is 0.0182. The average molecular weight is 413 g/mol. The van der Waals surface area contributed by atoms with Crippen molar-refractivity contribution in [2.45, 2.75) is 31.7 Å². The lowest BCUT2D eigenvalue weighted by Crippen LogP contribution is -2.39. The number of nitrogens with zero attached hydrogens (tertiary/aromatic N) is 2. The average Bonchev–Trinajstić information content (AvgIpc) is 3.44. The summed E-state index contributed by atoms with van der Waals surface area (Å²) in [4.78, 5) is 29.1. The zero-order valence-corrected chi connectivity index (χ0v) is 17.1. The third-order valence-electron chi connectivity index (χ3n) is 5.68. The number of carbonyl (C=O) groups excluding carboxylic acids is 2. The molecule has 29 heavy (non-hydrogen) atoms. The summed E-state index contributed by atoms with van der Waals surface area (Å²) in [5.41, 5.74) is 1.22. The number of likely N-dealkylation sites (tertiary alicyclic amines) is 2. The lowest BCUT2D eigenvalue weighted by Gasteiger charge is -2.25. The van der Waals surface area contributed by atoms with E-state index < -0.39 is 0 Å². The van der Waals surface area contributed by atoms with Crippen LogP contribution in [0.25, 0.3) is 0 Å². The number of halogens is 1. The third kappa shape index (κ3) is 4.40. The van der Waals surface area contributed by atoms with E-state index in [0.29, 0.717) is 35.1 Å². The lowest BCUT2D eigenvalue weighted by atomic mass is 10.1. The molecule has 2 aromatic carbocycles. The minimum Gasteiger partial charge on any atom is -0.491 e. The van der Waals surface area contributed by atoms with Crippen LogP contribution in [0.5, 0.6) is 5.75 Å². The van der Waals surface area contributed by atoms with Crippen LogP contribution < -0.4 is 4.74 Å². The predicted molar refractivity (Wildman–Crippen MR) is 113 cm³/mol. The van der Waals surface area contributed by atoms with E-state index in [0.717, 1.165) is 38.8 Å². The molecule has 4 rings (SSSR count). The van der Waals surface area contributed by atoms with Crippen LogP contribution in [0, 0.1) is 0 Å². The molecule has 2 aromatic rings. The summed E-state index contributed by atoms with van der Waals surface area (Å²) in [5.74, 6) is 0.745. The van der Waals surface area contributed by atoms with Gasteiger partial charge in [0.25, 0.3) is 11.8 Å². The van der Waals surface area contributed by atoms with Crippen molar-refractivity contribution in [1.29, 1.82) is 0 Å². The van der Waals surface area contributed by atoms with E-state index in [1.54, 1.807) is 12.1 Å². The van der Waals surface area contributed by atoms with Crippen molar-refractivity contribution >= 4 is 23.4 Å². The Morgan fingerprint density at radius 1 is 0.931 bits per heavy atom. The smallest absolute Gasteiger partial charge is 0.255 e. The first-order chi connectivity index (χ1) is 14.1. The number of benzene rings is 2. The Kier molecular flexibility index (Phi) is 6.05. The molecule has 0 saturated carbocycles. The molecule has 2 fully saturated rings. The van der Waals surface area contributed by atoms with Gasteiger partial charge in [0.05, 0.1) is 16.6 Å². The largest absolute Gasteiger partial charge is 0.491 e. The van der Waals surface area contributed by atoms with Gasteiger partial charge in [0.15, 0.2) is 0 Å². The van der Waals surface area contributed by atoms with Gasteiger partial charge >= 0.3 is 0 Å². The molecular weight excluding hydrogens is 388 g/mol. The summed E-state index contributed by atoms with van der Waals surface area (Å²) in [6.45, 7) is 2.82. The van der Waals surface area contributed by atoms with Crippen molar-refractivity contribution < 1.29 is 14.3 Å². The fourth-order valence-corrected chi connectivity index (χ4v) is 4.27. The Labute approximate surface area is 176 Å². The van der Waals surface area contributed by atoms with Gasteiger partial charge in [0.2, 0.25) is 0 Å². The number of hydrogen-bond donors (Lipinski definition) is 0. The maximum atomic E-state index is 12.9. The highest BCUT2D eigenvalue weighted by Crippen LogP contribution is 2.25. The molecule has 2 heterocycles. The highest BCUT2D eigenvalue weighted by atomic mass is 35.5. The zero-order valence-electron chi connectivity index (χ0n) is 16.4. The molecule has 0 unspecified atom stereocenters. The number of hydrogen-bond acceptors (Lipinski definition) is 3. The van der Waals surface area contributed by atoms with Gasteiger partial charge in [-0.05, 0) is 62.1 Å². The van der Waals surface area contributed by atoms with Gasteiger partial charge in [-0.25, -0.2) is 0 Å². The van der Waals surface area contributed by atoms with Gasteiger partial charge in [-0.15, -0.1) is 0 Å². The van der Waals surface area contributed by atoms with Gasteiger partial charge in [-0.2, -0.15) is 0 Å². The van der Waals surface area contributed by atoms with Crippen LogP contribution in [0.2, 0.25) is 5.02 Å². The number of rotatable bonds is 5. The third-order valence-corrected chi connectivity index (χ3v) is 6.01. The second kappa shape index (κ2) is 8.87. The number of ether oxygens (including phenoxy) is 1. The van der Waals surface area contributed by atoms with Crippen molar-refractivity contribution in [3.8, 4) is 5.75 Å². The first-order valence-corrected chi connectivity index (χ1v) is 10.6. The molecule has 0 spiro atoms. The van der Waals surface area contributed by atoms with Crippen molar-refractivity contribution in [2.75, 3.05) is 26.2 Å². The zero-order chi connectivity index (χ0) is 20.2. The van der Waals surface area contributed by atoms with E-state index in [4.69, 9.17) is 16.3 Å². The standard InChI is InChI=1S/C23H25ClN2O3/c24-21-8-2-1-7-20(21)23(28)26-15-5-6-18(26)16-29-19-11-9-17(10-12-19)22(27)25-13-3-4-14-25/h1-2,7-12,18H,3-6,13-16H2/t18-/m0/s1. The van der Waals surface area contributed by atoms with Gasteiger partial charge in [0, 0.05) is 25.2 Å². The molecule has 2 amide bonds. The molecule has 0 N–H and O–H groups in total. The molecule has 1 atom stereocenters. The molecule has 6 heteroatoms. The Morgan fingerprint density at radius 3 is 2.38 bits per heavy atom. The van der Waals surface area contributed by atoms with Crippen molar-refractivity contribution in [3.63, 3.8) is 0 Å². The molecule has 152 valence electrons. The fraction of sp³-hybridized carbons (Fsp3) is 0.391. The molecule has 2 aliphatic rings. The van der Waals surface area contributed by atoms with Gasteiger partial charge in [0.1, 0.15) is 12.4 Å². The van der Waals surface area contributed by atoms with Crippen LogP contribution >= 0.6 is 11.6 Å². The fourth-order valence-electron chi connectivity index (χ4n) is 4.05. The first kappa shape index (κ1) is 19.8. The van der Waals surface area contributed by atoms with Crippen LogP contribution in [-0.4, -0.2) is 53.9 Å². The molecule has 5 nitrogen and oxygen atoms in total. The van der Waals surface area contributed by atoms with E-state index in [2.05, 4.69) is 0 Å². The topological polar surface area (TPSA) is 49.9 Å². The molecule has 0 bridgehead atoms. The normalized spacial score (nSPS) is 18.9. The highest BCUT2D eigenvalue weighted by molar-refractivity contribution is 6.33. The molecule has 2 aliphatic heterocycles. The molecule has 0 radical (unpaired) electrons.